The molecule has 164 valence electrons. The maximum absolute atomic E-state index is 12.9. The molecule has 1 fully saturated rings. The first-order valence-corrected chi connectivity index (χ1v) is 11.1. The number of urea groups is 1. The van der Waals surface area contributed by atoms with Crippen molar-refractivity contribution in [2.45, 2.75) is 18.9 Å². The number of carbonyl (C=O) groups excluding carboxylic acids is 2. The molecule has 2 aliphatic rings. The second-order valence-corrected chi connectivity index (χ2v) is 8.68. The zero-order chi connectivity index (χ0) is 22.1. The molecule has 0 unspecified atom stereocenters. The molecule has 1 atom stereocenters. The summed E-state index contributed by atoms with van der Waals surface area (Å²) in [6, 6.07) is 11.4. The first kappa shape index (κ1) is 20.5. The van der Waals surface area contributed by atoms with Crippen LogP contribution in [0.5, 0.6) is 11.5 Å². The monoisotopic (exact) mass is 471 g/mol. The Hall–Kier alpha value is -3.37. The van der Waals surface area contributed by atoms with Crippen molar-refractivity contribution in [2.75, 3.05) is 24.0 Å². The summed E-state index contributed by atoms with van der Waals surface area (Å²) in [5, 5.41) is 15.3. The minimum atomic E-state index is -0.591. The largest absolute Gasteiger partial charge is 0.454 e. The molecular formula is C21H18ClN5O4S. The van der Waals surface area contributed by atoms with Crippen LogP contribution < -0.4 is 20.1 Å². The van der Waals surface area contributed by atoms with Crippen LogP contribution in [0.1, 0.15) is 12.8 Å². The van der Waals surface area contributed by atoms with Gasteiger partial charge in [0.1, 0.15) is 11.0 Å². The van der Waals surface area contributed by atoms with E-state index in [1.165, 1.54) is 16.2 Å². The van der Waals surface area contributed by atoms with Gasteiger partial charge in [0.2, 0.25) is 17.8 Å². The van der Waals surface area contributed by atoms with Crippen molar-refractivity contribution in [3.05, 3.63) is 47.5 Å². The maximum atomic E-state index is 12.9. The molecule has 0 aliphatic carbocycles. The third-order valence-corrected chi connectivity index (χ3v) is 6.29. The third kappa shape index (κ3) is 4.19. The number of hydrogen-bond acceptors (Lipinski definition) is 7. The van der Waals surface area contributed by atoms with Crippen LogP contribution in [-0.4, -0.2) is 46.4 Å². The zero-order valence-corrected chi connectivity index (χ0v) is 18.3. The van der Waals surface area contributed by atoms with Crippen LogP contribution in [0.4, 0.5) is 15.6 Å². The predicted octanol–water partition coefficient (Wildman–Crippen LogP) is 4.22. The lowest BCUT2D eigenvalue weighted by Crippen LogP contribution is -2.45. The summed E-state index contributed by atoms with van der Waals surface area (Å²) in [7, 11) is 0. The topological polar surface area (TPSA) is 106 Å². The van der Waals surface area contributed by atoms with Crippen molar-refractivity contribution >= 4 is 45.7 Å². The number of likely N-dealkylation sites (tertiary alicyclic amines) is 1. The Labute approximate surface area is 192 Å². The fourth-order valence-corrected chi connectivity index (χ4v) is 4.59. The number of anilines is 2. The average Bonchev–Trinajstić information content (AvgIpc) is 3.53. The first-order valence-electron chi connectivity index (χ1n) is 9.94. The lowest BCUT2D eigenvalue weighted by molar-refractivity contribution is -0.119. The van der Waals surface area contributed by atoms with Crippen LogP contribution in [0.2, 0.25) is 5.02 Å². The first-order chi connectivity index (χ1) is 15.6. The molecule has 1 saturated heterocycles. The molecule has 2 N–H and O–H groups in total. The molecule has 5 rings (SSSR count). The minimum absolute atomic E-state index is 0.193. The van der Waals surface area contributed by atoms with Crippen molar-refractivity contribution in [1.82, 2.24) is 15.1 Å². The Morgan fingerprint density at radius 1 is 1.09 bits per heavy atom. The van der Waals surface area contributed by atoms with Crippen molar-refractivity contribution < 1.29 is 19.1 Å². The second-order valence-electron chi connectivity index (χ2n) is 7.26. The zero-order valence-electron chi connectivity index (χ0n) is 16.7. The van der Waals surface area contributed by atoms with Gasteiger partial charge in [-0.1, -0.05) is 29.0 Å². The molecule has 9 nitrogen and oxygen atoms in total. The van der Waals surface area contributed by atoms with E-state index >= 15 is 0 Å². The van der Waals surface area contributed by atoms with Crippen LogP contribution in [0.25, 0.3) is 10.6 Å². The van der Waals surface area contributed by atoms with Gasteiger partial charge in [0, 0.05) is 22.8 Å². The molecule has 3 aromatic rings. The van der Waals surface area contributed by atoms with E-state index in [9.17, 15) is 9.59 Å². The molecule has 32 heavy (non-hydrogen) atoms. The number of nitrogens with zero attached hydrogens (tertiary/aromatic N) is 3. The van der Waals surface area contributed by atoms with Crippen LogP contribution in [-0.2, 0) is 4.79 Å². The van der Waals surface area contributed by atoms with Gasteiger partial charge in [-0.2, -0.15) is 0 Å². The summed E-state index contributed by atoms with van der Waals surface area (Å²) >= 11 is 7.23. The Morgan fingerprint density at radius 2 is 1.97 bits per heavy atom. The lowest BCUT2D eigenvalue weighted by Gasteiger charge is -2.23. The fraction of sp³-hybridized carbons (Fsp3) is 0.238. The summed E-state index contributed by atoms with van der Waals surface area (Å²) in [6.45, 7) is 0.683. The second kappa shape index (κ2) is 8.64. The number of fused-ring (bicyclic) bond motifs is 1. The summed E-state index contributed by atoms with van der Waals surface area (Å²) in [4.78, 5) is 27.1. The SMILES string of the molecule is O=C(Nc1nnc(-c2ccc3c(c2)OCO3)s1)[C@@H]1CCCN1C(=O)Nc1cccc(Cl)c1. The van der Waals surface area contributed by atoms with Gasteiger partial charge >= 0.3 is 6.03 Å². The standard InChI is InChI=1S/C21H18ClN5O4S/c22-13-3-1-4-14(10-13)23-21(29)27-8-2-5-15(27)18(28)24-20-26-25-19(32-20)12-6-7-16-17(9-12)31-11-30-16/h1,3-4,6-7,9-10,15H,2,5,8,11H2,(H,23,29)(H,24,26,28)/t15-/m0/s1. The van der Waals surface area contributed by atoms with Crippen LogP contribution in [0.15, 0.2) is 42.5 Å². The van der Waals surface area contributed by atoms with E-state index in [-0.39, 0.29) is 18.7 Å². The van der Waals surface area contributed by atoms with Crippen molar-refractivity contribution in [1.29, 1.82) is 0 Å². The van der Waals surface area contributed by atoms with Crippen molar-refractivity contribution in [2.24, 2.45) is 0 Å². The number of rotatable bonds is 4. The van der Waals surface area contributed by atoms with Crippen LogP contribution >= 0.6 is 22.9 Å². The number of amides is 3. The smallest absolute Gasteiger partial charge is 0.322 e. The van der Waals surface area contributed by atoms with Gasteiger partial charge < -0.3 is 19.7 Å². The number of halogens is 1. The Bertz CT molecular complexity index is 1190. The predicted molar refractivity (Wildman–Crippen MR) is 120 cm³/mol. The number of hydrogen-bond donors (Lipinski definition) is 2. The third-order valence-electron chi connectivity index (χ3n) is 5.17. The van der Waals surface area contributed by atoms with Gasteiger partial charge in [0.15, 0.2) is 11.5 Å². The van der Waals surface area contributed by atoms with E-state index in [1.807, 2.05) is 18.2 Å². The molecule has 2 aliphatic heterocycles. The summed E-state index contributed by atoms with van der Waals surface area (Å²) in [5.41, 5.74) is 1.39. The highest BCUT2D eigenvalue weighted by molar-refractivity contribution is 7.18. The molecule has 0 spiro atoms. The van der Waals surface area contributed by atoms with Crippen LogP contribution in [0.3, 0.4) is 0 Å². The Morgan fingerprint density at radius 3 is 2.84 bits per heavy atom. The van der Waals surface area contributed by atoms with E-state index in [2.05, 4.69) is 20.8 Å². The van der Waals surface area contributed by atoms with Gasteiger partial charge in [-0.3, -0.25) is 10.1 Å². The molecule has 0 saturated carbocycles. The maximum Gasteiger partial charge on any atom is 0.322 e. The molecule has 0 bridgehead atoms. The van der Waals surface area contributed by atoms with Gasteiger partial charge in [0.05, 0.1) is 0 Å². The molecular weight excluding hydrogens is 454 g/mol. The van der Waals surface area contributed by atoms with Gasteiger partial charge in [-0.15, -0.1) is 10.2 Å². The minimum Gasteiger partial charge on any atom is -0.454 e. The molecule has 3 amide bonds. The fourth-order valence-electron chi connectivity index (χ4n) is 3.65. The van der Waals surface area contributed by atoms with E-state index in [1.54, 1.807) is 24.3 Å². The Balaban J connectivity index is 1.25. The van der Waals surface area contributed by atoms with E-state index < -0.39 is 6.04 Å². The summed E-state index contributed by atoms with van der Waals surface area (Å²) in [6.07, 6.45) is 1.31. The quantitative estimate of drug-likeness (QED) is 0.590. The number of benzene rings is 2. The van der Waals surface area contributed by atoms with E-state index in [4.69, 9.17) is 21.1 Å². The average molecular weight is 472 g/mol. The molecule has 11 heteroatoms. The summed E-state index contributed by atoms with van der Waals surface area (Å²) in [5.74, 6) is 1.04. The normalized spacial score (nSPS) is 16.8. The highest BCUT2D eigenvalue weighted by Crippen LogP contribution is 2.37. The van der Waals surface area contributed by atoms with Crippen molar-refractivity contribution in [3.8, 4) is 22.1 Å². The molecule has 2 aromatic carbocycles. The molecule has 1 aromatic heterocycles. The van der Waals surface area contributed by atoms with Crippen molar-refractivity contribution in [3.63, 3.8) is 0 Å². The van der Waals surface area contributed by atoms with E-state index in [0.717, 1.165) is 12.0 Å². The van der Waals surface area contributed by atoms with Gasteiger partial charge in [0.25, 0.3) is 0 Å². The number of carbonyl (C=O) groups is 2. The Kier molecular flexibility index (Phi) is 5.54. The lowest BCUT2D eigenvalue weighted by atomic mass is 10.2. The highest BCUT2D eigenvalue weighted by atomic mass is 35.5. The van der Waals surface area contributed by atoms with Gasteiger partial charge in [-0.05, 0) is 49.2 Å². The highest BCUT2D eigenvalue weighted by Gasteiger charge is 2.34. The number of aromatic nitrogens is 2. The molecule has 3 heterocycles. The molecule has 0 radical (unpaired) electrons. The van der Waals surface area contributed by atoms with Crippen LogP contribution in [0, 0.1) is 0 Å². The summed E-state index contributed by atoms with van der Waals surface area (Å²) < 4.78 is 10.7. The van der Waals surface area contributed by atoms with Gasteiger partial charge in [-0.25, -0.2) is 4.79 Å². The van der Waals surface area contributed by atoms with E-state index in [0.29, 0.717) is 45.3 Å². The number of nitrogens with one attached hydrogen (secondary N) is 2. The number of ether oxygens (including phenoxy) is 2.